The van der Waals surface area contributed by atoms with Gasteiger partial charge in [0, 0.05) is 18.8 Å². The van der Waals surface area contributed by atoms with Crippen molar-refractivity contribution in [1.82, 2.24) is 0 Å². The van der Waals surface area contributed by atoms with Gasteiger partial charge in [-0.3, -0.25) is 0 Å². The van der Waals surface area contributed by atoms with E-state index in [0.29, 0.717) is 12.7 Å². The van der Waals surface area contributed by atoms with Crippen LogP contribution in [0.2, 0.25) is 0 Å². The average Bonchev–Trinajstić information content (AvgIpc) is 2.52. The van der Waals surface area contributed by atoms with E-state index in [0.717, 1.165) is 26.1 Å². The van der Waals surface area contributed by atoms with Crippen LogP contribution in [0.15, 0.2) is 0 Å². The van der Waals surface area contributed by atoms with Crippen molar-refractivity contribution in [3.63, 3.8) is 0 Å². The van der Waals surface area contributed by atoms with Crippen LogP contribution in [0.25, 0.3) is 0 Å². The molecular formula is C10H21NO2. The van der Waals surface area contributed by atoms with Crippen LogP contribution in [0.3, 0.4) is 0 Å². The number of hydrogen-bond donors (Lipinski definition) is 1. The van der Waals surface area contributed by atoms with Crippen LogP contribution in [0, 0.1) is 0 Å². The summed E-state index contributed by atoms with van der Waals surface area (Å²) in [6.45, 7) is 6.28. The second-order valence-electron chi connectivity index (χ2n) is 4.13. The van der Waals surface area contributed by atoms with E-state index in [1.165, 1.54) is 6.42 Å². The van der Waals surface area contributed by atoms with Gasteiger partial charge in [0.2, 0.25) is 0 Å². The average molecular weight is 187 g/mol. The molecule has 0 radical (unpaired) electrons. The minimum atomic E-state index is -0.231. The third-order valence-corrected chi connectivity index (χ3v) is 2.35. The minimum Gasteiger partial charge on any atom is -0.380 e. The van der Waals surface area contributed by atoms with Crippen LogP contribution < -0.4 is 5.73 Å². The molecule has 0 amide bonds. The second-order valence-corrected chi connectivity index (χ2v) is 4.13. The highest BCUT2D eigenvalue weighted by Gasteiger charge is 2.26. The Morgan fingerprint density at radius 3 is 2.92 bits per heavy atom. The Morgan fingerprint density at radius 1 is 1.62 bits per heavy atom. The van der Waals surface area contributed by atoms with Crippen molar-refractivity contribution in [3.8, 4) is 0 Å². The lowest BCUT2D eigenvalue weighted by atomic mass is 9.95. The summed E-state index contributed by atoms with van der Waals surface area (Å²) in [6.07, 6.45) is 3.59. The maximum absolute atomic E-state index is 6.08. The first-order valence-corrected chi connectivity index (χ1v) is 5.12. The van der Waals surface area contributed by atoms with E-state index < -0.39 is 0 Å². The normalized spacial score (nSPS) is 27.5. The van der Waals surface area contributed by atoms with Crippen LogP contribution in [-0.2, 0) is 9.47 Å². The van der Waals surface area contributed by atoms with Gasteiger partial charge in [0.05, 0.1) is 12.7 Å². The molecule has 0 saturated carbocycles. The van der Waals surface area contributed by atoms with Crippen molar-refractivity contribution >= 4 is 0 Å². The number of rotatable bonds is 5. The lowest BCUT2D eigenvalue weighted by molar-refractivity contribution is 0.0481. The molecule has 0 spiro atoms. The van der Waals surface area contributed by atoms with Gasteiger partial charge < -0.3 is 15.2 Å². The topological polar surface area (TPSA) is 44.5 Å². The molecule has 13 heavy (non-hydrogen) atoms. The highest BCUT2D eigenvalue weighted by molar-refractivity contribution is 4.83. The van der Waals surface area contributed by atoms with Gasteiger partial charge in [-0.15, -0.1) is 0 Å². The predicted molar refractivity (Wildman–Crippen MR) is 52.7 cm³/mol. The van der Waals surface area contributed by atoms with Gasteiger partial charge in [0.1, 0.15) is 0 Å². The fraction of sp³-hybridized carbons (Fsp3) is 1.00. The van der Waals surface area contributed by atoms with Gasteiger partial charge in [-0.1, -0.05) is 0 Å². The fourth-order valence-electron chi connectivity index (χ4n) is 1.72. The molecule has 2 N–H and O–H groups in total. The number of nitrogens with two attached hydrogens (primary N) is 1. The zero-order valence-electron chi connectivity index (χ0n) is 8.71. The predicted octanol–water partition coefficient (Wildman–Crippen LogP) is 1.31. The van der Waals surface area contributed by atoms with Crippen LogP contribution in [0.1, 0.15) is 33.1 Å². The summed E-state index contributed by atoms with van der Waals surface area (Å²) in [5, 5.41) is 0. The molecule has 0 bridgehead atoms. The number of ether oxygens (including phenoxy) is 2. The standard InChI is InChI=1S/C10H21NO2/c1-3-12-8-10(2,11)7-9-5-4-6-13-9/h9H,3-8,11H2,1-2H3. The zero-order chi connectivity index (χ0) is 9.73. The summed E-state index contributed by atoms with van der Waals surface area (Å²) in [5.41, 5.74) is 5.85. The lowest BCUT2D eigenvalue weighted by Crippen LogP contribution is -2.44. The molecule has 1 heterocycles. The van der Waals surface area contributed by atoms with Crippen molar-refractivity contribution in [2.75, 3.05) is 19.8 Å². The summed E-state index contributed by atoms with van der Waals surface area (Å²) in [6, 6.07) is 0. The summed E-state index contributed by atoms with van der Waals surface area (Å²) in [4.78, 5) is 0. The second kappa shape index (κ2) is 4.94. The Bertz CT molecular complexity index is 142. The van der Waals surface area contributed by atoms with Crippen LogP contribution >= 0.6 is 0 Å². The summed E-state index contributed by atoms with van der Waals surface area (Å²) in [7, 11) is 0. The molecule has 0 aromatic rings. The van der Waals surface area contributed by atoms with E-state index in [1.807, 2.05) is 13.8 Å². The largest absolute Gasteiger partial charge is 0.380 e. The third-order valence-electron chi connectivity index (χ3n) is 2.35. The first-order chi connectivity index (χ1) is 6.14. The van der Waals surface area contributed by atoms with Crippen LogP contribution in [-0.4, -0.2) is 31.5 Å². The molecular weight excluding hydrogens is 166 g/mol. The lowest BCUT2D eigenvalue weighted by Gasteiger charge is -2.26. The molecule has 0 aliphatic carbocycles. The van der Waals surface area contributed by atoms with Crippen LogP contribution in [0.5, 0.6) is 0 Å². The first-order valence-electron chi connectivity index (χ1n) is 5.12. The summed E-state index contributed by atoms with van der Waals surface area (Å²) >= 11 is 0. The SMILES string of the molecule is CCOCC(C)(N)CC1CCCO1. The van der Waals surface area contributed by atoms with E-state index in [1.54, 1.807) is 0 Å². The van der Waals surface area contributed by atoms with Crippen molar-refractivity contribution in [1.29, 1.82) is 0 Å². The van der Waals surface area contributed by atoms with Crippen LogP contribution in [0.4, 0.5) is 0 Å². The monoisotopic (exact) mass is 187 g/mol. The highest BCUT2D eigenvalue weighted by Crippen LogP contribution is 2.21. The fourth-order valence-corrected chi connectivity index (χ4v) is 1.72. The van der Waals surface area contributed by atoms with Crippen molar-refractivity contribution < 1.29 is 9.47 Å². The quantitative estimate of drug-likeness (QED) is 0.705. The molecule has 1 fully saturated rings. The van der Waals surface area contributed by atoms with Gasteiger partial charge in [0.25, 0.3) is 0 Å². The molecule has 1 aliphatic heterocycles. The van der Waals surface area contributed by atoms with Crippen molar-refractivity contribution in [2.24, 2.45) is 5.73 Å². The van der Waals surface area contributed by atoms with Crippen molar-refractivity contribution in [2.45, 2.75) is 44.8 Å². The Kier molecular flexibility index (Phi) is 4.16. The Labute approximate surface area is 80.6 Å². The molecule has 1 saturated heterocycles. The summed E-state index contributed by atoms with van der Waals surface area (Å²) in [5.74, 6) is 0. The highest BCUT2D eigenvalue weighted by atomic mass is 16.5. The van der Waals surface area contributed by atoms with Crippen molar-refractivity contribution in [3.05, 3.63) is 0 Å². The Morgan fingerprint density at radius 2 is 2.38 bits per heavy atom. The maximum Gasteiger partial charge on any atom is 0.0644 e. The van der Waals surface area contributed by atoms with E-state index >= 15 is 0 Å². The van der Waals surface area contributed by atoms with Gasteiger partial charge in [-0.2, -0.15) is 0 Å². The van der Waals surface area contributed by atoms with E-state index in [9.17, 15) is 0 Å². The molecule has 78 valence electrons. The smallest absolute Gasteiger partial charge is 0.0644 e. The van der Waals surface area contributed by atoms with Gasteiger partial charge in [-0.05, 0) is 33.1 Å². The molecule has 2 atom stereocenters. The van der Waals surface area contributed by atoms with E-state index in [-0.39, 0.29) is 5.54 Å². The minimum absolute atomic E-state index is 0.231. The molecule has 3 nitrogen and oxygen atoms in total. The van der Waals surface area contributed by atoms with E-state index in [4.69, 9.17) is 15.2 Å². The Balaban J connectivity index is 2.23. The Hall–Kier alpha value is -0.120. The first kappa shape index (κ1) is 11.0. The molecule has 3 heteroatoms. The zero-order valence-corrected chi connectivity index (χ0v) is 8.71. The van der Waals surface area contributed by atoms with Gasteiger partial charge in [-0.25, -0.2) is 0 Å². The molecule has 0 aromatic heterocycles. The molecule has 1 rings (SSSR count). The molecule has 1 aliphatic rings. The molecule has 2 unspecified atom stereocenters. The third kappa shape index (κ3) is 4.07. The van der Waals surface area contributed by atoms with Gasteiger partial charge in [0.15, 0.2) is 0 Å². The molecule has 0 aromatic carbocycles. The maximum atomic E-state index is 6.08. The summed E-state index contributed by atoms with van der Waals surface area (Å²) < 4.78 is 10.9. The van der Waals surface area contributed by atoms with E-state index in [2.05, 4.69) is 0 Å². The van der Waals surface area contributed by atoms with Gasteiger partial charge >= 0.3 is 0 Å². The number of hydrogen-bond acceptors (Lipinski definition) is 3.